The van der Waals surface area contributed by atoms with Crippen LogP contribution in [0.4, 0.5) is 0 Å². The summed E-state index contributed by atoms with van der Waals surface area (Å²) in [5.41, 5.74) is 5.27. The van der Waals surface area contributed by atoms with Crippen LogP contribution in [-0.2, 0) is 17.9 Å². The summed E-state index contributed by atoms with van der Waals surface area (Å²) in [5.74, 6) is 0.395. The van der Waals surface area contributed by atoms with Crippen LogP contribution in [0, 0.1) is 25.2 Å². The number of benzene rings is 1. The number of ether oxygens (including phenoxy) is 1. The van der Waals surface area contributed by atoms with E-state index < -0.39 is 5.60 Å². The first kappa shape index (κ1) is 24.1. The van der Waals surface area contributed by atoms with Crippen LogP contribution >= 0.6 is 0 Å². The van der Waals surface area contributed by atoms with E-state index in [0.717, 1.165) is 34.4 Å². The summed E-state index contributed by atoms with van der Waals surface area (Å²) in [5, 5.41) is 28.2. The van der Waals surface area contributed by atoms with Crippen LogP contribution in [-0.4, -0.2) is 55.5 Å². The summed E-state index contributed by atoms with van der Waals surface area (Å²) in [7, 11) is 0. The van der Waals surface area contributed by atoms with Crippen LogP contribution in [0.5, 0.6) is 0 Å². The van der Waals surface area contributed by atoms with Gasteiger partial charge in [-0.2, -0.15) is 10.4 Å². The standard InChI is InChI=1S/C27H30N6O3/c1-16-7-25(29-10-19(16)8-28)33-12-18(9-30-33)11-32-13-23(31-24(14-32)27(3,4)35)20-5-6-21-22(17(20)2)15-36-26(21)34/h5-7,9-10,12,23-24,31,35H,11,13-15H2,1-4H3. The lowest BCUT2D eigenvalue weighted by Gasteiger charge is -2.44. The van der Waals surface area contributed by atoms with Crippen molar-refractivity contribution in [1.82, 2.24) is 25.0 Å². The molecule has 2 aliphatic rings. The average Bonchev–Trinajstić information content (AvgIpc) is 3.46. The molecule has 0 aliphatic carbocycles. The minimum Gasteiger partial charge on any atom is -0.457 e. The van der Waals surface area contributed by atoms with E-state index in [1.165, 1.54) is 0 Å². The number of carbonyl (C=O) groups excluding carboxylic acids is 1. The van der Waals surface area contributed by atoms with Crippen LogP contribution in [0.1, 0.15) is 63.6 Å². The van der Waals surface area contributed by atoms with Gasteiger partial charge in [-0.05, 0) is 56.5 Å². The van der Waals surface area contributed by atoms with Gasteiger partial charge in [-0.3, -0.25) is 4.90 Å². The Bertz CT molecular complexity index is 1370. The molecule has 1 fully saturated rings. The molecule has 2 N–H and O–H groups in total. The van der Waals surface area contributed by atoms with E-state index in [2.05, 4.69) is 26.4 Å². The Balaban J connectivity index is 1.39. The van der Waals surface area contributed by atoms with Gasteiger partial charge < -0.3 is 15.2 Å². The highest BCUT2D eigenvalue weighted by Gasteiger charge is 2.37. The Morgan fingerprint density at radius 1 is 1.28 bits per heavy atom. The third-order valence-corrected chi connectivity index (χ3v) is 7.21. The molecule has 2 aromatic heterocycles. The molecule has 9 nitrogen and oxygen atoms in total. The second-order valence-corrected chi connectivity index (χ2v) is 10.3. The summed E-state index contributed by atoms with van der Waals surface area (Å²) in [6, 6.07) is 7.67. The topological polar surface area (TPSA) is 116 Å². The van der Waals surface area contributed by atoms with Gasteiger partial charge >= 0.3 is 5.97 Å². The van der Waals surface area contributed by atoms with Gasteiger partial charge in [0, 0.05) is 55.2 Å². The fourth-order valence-electron chi connectivity index (χ4n) is 5.04. The number of nitrogens with zero attached hydrogens (tertiary/aromatic N) is 5. The maximum Gasteiger partial charge on any atom is 0.338 e. The normalized spacial score (nSPS) is 20.2. The second-order valence-electron chi connectivity index (χ2n) is 10.3. The van der Waals surface area contributed by atoms with Crippen molar-refractivity contribution < 1.29 is 14.6 Å². The maximum absolute atomic E-state index is 12.0. The van der Waals surface area contributed by atoms with Crippen LogP contribution in [0.25, 0.3) is 5.82 Å². The second kappa shape index (κ2) is 9.13. The fraction of sp³-hybridized carbons (Fsp3) is 0.407. The van der Waals surface area contributed by atoms with Crippen molar-refractivity contribution >= 4 is 5.97 Å². The Labute approximate surface area is 210 Å². The predicted octanol–water partition coefficient (Wildman–Crippen LogP) is 2.71. The van der Waals surface area contributed by atoms with Crippen molar-refractivity contribution in [3.63, 3.8) is 0 Å². The summed E-state index contributed by atoms with van der Waals surface area (Å²) in [6.45, 7) is 9.94. The summed E-state index contributed by atoms with van der Waals surface area (Å²) in [4.78, 5) is 18.7. The molecule has 5 rings (SSSR count). The van der Waals surface area contributed by atoms with Gasteiger partial charge in [0.15, 0.2) is 5.82 Å². The number of aromatic nitrogens is 3. The highest BCUT2D eigenvalue weighted by molar-refractivity contribution is 5.94. The predicted molar refractivity (Wildman–Crippen MR) is 132 cm³/mol. The Hall–Kier alpha value is -3.58. The lowest BCUT2D eigenvalue weighted by molar-refractivity contribution is -0.00401. The molecule has 0 saturated carbocycles. The van der Waals surface area contributed by atoms with Crippen molar-refractivity contribution in [2.45, 2.75) is 58.5 Å². The van der Waals surface area contributed by atoms with E-state index in [4.69, 9.17) is 10.00 Å². The number of nitriles is 1. The summed E-state index contributed by atoms with van der Waals surface area (Å²) < 4.78 is 6.96. The van der Waals surface area contributed by atoms with Crippen molar-refractivity contribution in [2.75, 3.05) is 13.1 Å². The monoisotopic (exact) mass is 486 g/mol. The Kier molecular flexibility index (Phi) is 6.12. The molecule has 0 spiro atoms. The van der Waals surface area contributed by atoms with E-state index in [0.29, 0.717) is 36.6 Å². The van der Waals surface area contributed by atoms with E-state index in [-0.39, 0.29) is 18.1 Å². The number of hydrogen-bond donors (Lipinski definition) is 2. The zero-order valence-electron chi connectivity index (χ0n) is 20.9. The van der Waals surface area contributed by atoms with E-state index in [1.807, 2.05) is 58.3 Å². The number of nitrogens with one attached hydrogen (secondary N) is 1. The van der Waals surface area contributed by atoms with Gasteiger partial charge in [0.1, 0.15) is 12.7 Å². The summed E-state index contributed by atoms with van der Waals surface area (Å²) in [6.07, 6.45) is 5.35. The number of rotatable bonds is 5. The average molecular weight is 487 g/mol. The zero-order chi connectivity index (χ0) is 25.6. The molecule has 4 heterocycles. The molecular weight excluding hydrogens is 456 g/mol. The third kappa shape index (κ3) is 4.51. The van der Waals surface area contributed by atoms with Gasteiger partial charge in [0.05, 0.1) is 22.9 Å². The SMILES string of the molecule is Cc1cc(-n2cc(CN3CC(c4ccc5c(c4C)COC5=O)NC(C(C)(C)O)C3)cn2)ncc1C#N. The van der Waals surface area contributed by atoms with Crippen LogP contribution < -0.4 is 5.32 Å². The minimum absolute atomic E-state index is 0.0194. The smallest absolute Gasteiger partial charge is 0.338 e. The quantitative estimate of drug-likeness (QED) is 0.529. The first-order valence-electron chi connectivity index (χ1n) is 12.0. The highest BCUT2D eigenvalue weighted by atomic mass is 16.5. The Morgan fingerprint density at radius 2 is 2.08 bits per heavy atom. The van der Waals surface area contributed by atoms with Gasteiger partial charge in [0.25, 0.3) is 0 Å². The van der Waals surface area contributed by atoms with Crippen LogP contribution in [0.3, 0.4) is 0 Å². The van der Waals surface area contributed by atoms with Gasteiger partial charge in [-0.1, -0.05) is 6.07 Å². The molecule has 186 valence electrons. The number of aryl methyl sites for hydroxylation is 1. The molecule has 0 bridgehead atoms. The van der Waals surface area contributed by atoms with Gasteiger partial charge in [-0.15, -0.1) is 0 Å². The van der Waals surface area contributed by atoms with Crippen LogP contribution in [0.2, 0.25) is 0 Å². The molecular formula is C27H30N6O3. The fourth-order valence-corrected chi connectivity index (χ4v) is 5.04. The molecule has 2 aliphatic heterocycles. The van der Waals surface area contributed by atoms with E-state index in [9.17, 15) is 9.90 Å². The Morgan fingerprint density at radius 3 is 2.81 bits per heavy atom. The maximum atomic E-state index is 12.0. The number of esters is 1. The number of aliphatic hydroxyl groups is 1. The third-order valence-electron chi connectivity index (χ3n) is 7.21. The number of cyclic esters (lactones) is 1. The van der Waals surface area contributed by atoms with Crippen molar-refractivity contribution in [3.8, 4) is 11.9 Å². The molecule has 2 unspecified atom stereocenters. The number of hydrogen-bond acceptors (Lipinski definition) is 8. The number of piperazine rings is 1. The van der Waals surface area contributed by atoms with Gasteiger partial charge in [0.2, 0.25) is 0 Å². The molecule has 2 atom stereocenters. The molecule has 3 aromatic rings. The molecule has 0 radical (unpaired) electrons. The lowest BCUT2D eigenvalue weighted by Crippen LogP contribution is -2.60. The number of carbonyl (C=O) groups is 1. The molecule has 9 heteroatoms. The molecule has 36 heavy (non-hydrogen) atoms. The lowest BCUT2D eigenvalue weighted by atomic mass is 9.89. The van der Waals surface area contributed by atoms with Crippen molar-refractivity contribution in [2.24, 2.45) is 0 Å². The minimum atomic E-state index is -0.922. The summed E-state index contributed by atoms with van der Waals surface area (Å²) >= 11 is 0. The first-order chi connectivity index (χ1) is 17.1. The molecule has 0 amide bonds. The number of pyridine rings is 1. The zero-order valence-corrected chi connectivity index (χ0v) is 20.9. The van der Waals surface area contributed by atoms with Crippen molar-refractivity contribution in [3.05, 3.63) is 75.7 Å². The largest absolute Gasteiger partial charge is 0.457 e. The van der Waals surface area contributed by atoms with E-state index in [1.54, 1.807) is 10.9 Å². The van der Waals surface area contributed by atoms with Crippen LogP contribution in [0.15, 0.2) is 36.8 Å². The van der Waals surface area contributed by atoms with Gasteiger partial charge in [-0.25, -0.2) is 14.5 Å². The molecule has 1 aromatic carbocycles. The first-order valence-corrected chi connectivity index (χ1v) is 12.0. The molecule has 1 saturated heterocycles. The van der Waals surface area contributed by atoms with Crippen molar-refractivity contribution in [1.29, 1.82) is 5.26 Å². The van der Waals surface area contributed by atoms with E-state index >= 15 is 0 Å². The highest BCUT2D eigenvalue weighted by Crippen LogP contribution is 2.32. The number of fused-ring (bicyclic) bond motifs is 1.